The molecule has 0 spiro atoms. The Morgan fingerprint density at radius 2 is 1.84 bits per heavy atom. The fraction of sp³-hybridized carbons (Fsp3) is 0.263. The van der Waals surface area contributed by atoms with Gasteiger partial charge in [-0.15, -0.1) is 5.10 Å². The molecule has 126 valence electrons. The Morgan fingerprint density at radius 1 is 1.08 bits per heavy atom. The number of benzene rings is 1. The first kappa shape index (κ1) is 15.7. The molecule has 0 unspecified atom stereocenters. The summed E-state index contributed by atoms with van der Waals surface area (Å²) in [5.41, 5.74) is 3.51. The van der Waals surface area contributed by atoms with Crippen molar-refractivity contribution >= 4 is 11.5 Å². The van der Waals surface area contributed by atoms with Crippen LogP contribution in [0.2, 0.25) is 0 Å². The first-order valence-corrected chi connectivity index (χ1v) is 8.17. The largest absolute Gasteiger partial charge is 0.372 e. The molecule has 1 aliphatic heterocycles. The monoisotopic (exact) mass is 333 g/mol. The smallest absolute Gasteiger partial charge is 0.157 e. The summed E-state index contributed by atoms with van der Waals surface area (Å²) in [6, 6.07) is 9.82. The molecule has 25 heavy (non-hydrogen) atoms. The summed E-state index contributed by atoms with van der Waals surface area (Å²) >= 11 is 0. The van der Waals surface area contributed by atoms with Gasteiger partial charge in [0.15, 0.2) is 5.82 Å². The van der Waals surface area contributed by atoms with Gasteiger partial charge in [0, 0.05) is 35.3 Å². The van der Waals surface area contributed by atoms with E-state index in [1.54, 1.807) is 6.20 Å². The summed E-state index contributed by atoms with van der Waals surface area (Å²) in [7, 11) is 0. The number of rotatable bonds is 2. The number of hydrogen-bond acceptors (Lipinski definition) is 6. The topological polar surface area (TPSA) is 75.0 Å². The number of aromatic nitrogens is 4. The molecule has 1 N–H and O–H groups in total. The molecule has 3 aromatic rings. The van der Waals surface area contributed by atoms with Crippen LogP contribution in [0.25, 0.3) is 11.1 Å². The van der Waals surface area contributed by atoms with Crippen LogP contribution in [0.3, 0.4) is 0 Å². The van der Waals surface area contributed by atoms with Crippen molar-refractivity contribution in [3.63, 3.8) is 0 Å². The molecule has 1 aromatic carbocycles. The molecule has 0 radical (unpaired) electrons. The van der Waals surface area contributed by atoms with Crippen molar-refractivity contribution in [2.75, 3.05) is 4.90 Å². The molecule has 0 amide bonds. The van der Waals surface area contributed by atoms with E-state index in [-0.39, 0.29) is 0 Å². The van der Waals surface area contributed by atoms with Gasteiger partial charge in [0.25, 0.3) is 0 Å². The zero-order chi connectivity index (χ0) is 17.6. The molecule has 1 aliphatic rings. The van der Waals surface area contributed by atoms with Gasteiger partial charge in [-0.2, -0.15) is 5.10 Å². The van der Waals surface area contributed by atoms with Gasteiger partial charge in [-0.3, -0.25) is 4.90 Å². The third-order valence-corrected chi connectivity index (χ3v) is 4.76. The summed E-state index contributed by atoms with van der Waals surface area (Å²) in [6.45, 7) is 5.92. The highest BCUT2D eigenvalue weighted by atomic mass is 16.3. The molecule has 4 rings (SSSR count). The molecule has 2 aromatic heterocycles. The lowest BCUT2D eigenvalue weighted by atomic mass is 9.85. The van der Waals surface area contributed by atoms with Gasteiger partial charge >= 0.3 is 0 Å². The number of anilines is 2. The second-order valence-electron chi connectivity index (χ2n) is 6.80. The number of fused-ring (bicyclic) bond motifs is 1. The minimum Gasteiger partial charge on any atom is -0.372 e. The predicted molar refractivity (Wildman–Crippen MR) is 95.4 cm³/mol. The van der Waals surface area contributed by atoms with E-state index in [1.807, 2.05) is 56.3 Å². The first-order chi connectivity index (χ1) is 12.0. The normalized spacial score (nSPS) is 18.2. The summed E-state index contributed by atoms with van der Waals surface area (Å²) in [5.74, 6) is 1.36. The summed E-state index contributed by atoms with van der Waals surface area (Å²) in [5, 5.41) is 19.1. The van der Waals surface area contributed by atoms with Crippen molar-refractivity contribution in [3.8, 4) is 11.1 Å². The number of hydrogen-bond donors (Lipinski definition) is 1. The van der Waals surface area contributed by atoms with E-state index >= 15 is 0 Å². The van der Waals surface area contributed by atoms with Gasteiger partial charge in [-0.25, -0.2) is 9.97 Å². The molecule has 0 bridgehead atoms. The number of nitrogens with zero attached hydrogens (tertiary/aromatic N) is 5. The second kappa shape index (κ2) is 5.60. The van der Waals surface area contributed by atoms with Crippen LogP contribution in [0, 0.1) is 6.92 Å². The van der Waals surface area contributed by atoms with Crippen LogP contribution in [-0.2, 0) is 5.41 Å². The molecular formula is C19H19N5O. The Bertz CT molecular complexity index is 909. The fourth-order valence-electron chi connectivity index (χ4n) is 3.26. The average Bonchev–Trinajstić information content (AvgIpc) is 2.82. The zero-order valence-electron chi connectivity index (χ0n) is 14.4. The zero-order valence-corrected chi connectivity index (χ0v) is 14.4. The minimum absolute atomic E-state index is 0.421. The maximum Gasteiger partial charge on any atom is 0.157 e. The summed E-state index contributed by atoms with van der Waals surface area (Å²) in [6.07, 6.45) is 4.53. The SMILES string of the molecule is Cc1ncc(-c2ccc3c(c2)N(c2cccnn2)[C@H](O)C3(C)C)cn1. The lowest BCUT2D eigenvalue weighted by Crippen LogP contribution is -2.39. The van der Waals surface area contributed by atoms with E-state index in [9.17, 15) is 5.11 Å². The second-order valence-corrected chi connectivity index (χ2v) is 6.80. The van der Waals surface area contributed by atoms with Gasteiger partial charge in [0.1, 0.15) is 12.1 Å². The fourth-order valence-corrected chi connectivity index (χ4v) is 3.26. The van der Waals surface area contributed by atoms with Crippen molar-refractivity contribution in [2.45, 2.75) is 32.4 Å². The quantitative estimate of drug-likeness (QED) is 0.777. The molecule has 1 atom stereocenters. The summed E-state index contributed by atoms with van der Waals surface area (Å²) < 4.78 is 0. The van der Waals surface area contributed by atoms with E-state index in [4.69, 9.17) is 0 Å². The molecule has 3 heterocycles. The van der Waals surface area contributed by atoms with E-state index in [2.05, 4.69) is 32.3 Å². The van der Waals surface area contributed by atoms with Crippen LogP contribution in [-0.4, -0.2) is 31.5 Å². The molecule has 0 saturated carbocycles. The maximum absolute atomic E-state index is 10.9. The third-order valence-electron chi connectivity index (χ3n) is 4.76. The van der Waals surface area contributed by atoms with Crippen LogP contribution < -0.4 is 4.90 Å². The Balaban J connectivity index is 1.87. The van der Waals surface area contributed by atoms with Gasteiger partial charge in [-0.05, 0) is 36.2 Å². The highest BCUT2D eigenvalue weighted by molar-refractivity contribution is 5.77. The third kappa shape index (κ3) is 2.46. The van der Waals surface area contributed by atoms with Crippen LogP contribution in [0.4, 0.5) is 11.5 Å². The van der Waals surface area contributed by atoms with Crippen LogP contribution in [0.15, 0.2) is 48.9 Å². The van der Waals surface area contributed by atoms with Crippen molar-refractivity contribution in [3.05, 3.63) is 60.3 Å². The molecule has 0 saturated heterocycles. The van der Waals surface area contributed by atoms with E-state index < -0.39 is 11.6 Å². The predicted octanol–water partition coefficient (Wildman–Crippen LogP) is 2.99. The van der Waals surface area contributed by atoms with Crippen molar-refractivity contribution in [1.29, 1.82) is 0 Å². The highest BCUT2D eigenvalue weighted by Crippen LogP contribution is 2.48. The van der Waals surface area contributed by atoms with E-state index in [0.717, 1.165) is 28.2 Å². The van der Waals surface area contributed by atoms with Gasteiger partial charge < -0.3 is 5.11 Å². The molecule has 0 aliphatic carbocycles. The number of aliphatic hydroxyl groups is 1. The van der Waals surface area contributed by atoms with Crippen molar-refractivity contribution in [1.82, 2.24) is 20.2 Å². The van der Waals surface area contributed by atoms with Crippen molar-refractivity contribution < 1.29 is 5.11 Å². The lowest BCUT2D eigenvalue weighted by molar-refractivity contribution is 0.118. The average molecular weight is 333 g/mol. The maximum atomic E-state index is 10.9. The highest BCUT2D eigenvalue weighted by Gasteiger charge is 2.45. The van der Waals surface area contributed by atoms with Gasteiger partial charge in [0.05, 0.1) is 0 Å². The standard InChI is InChI=1S/C19H19N5O/c1-12-20-10-14(11-21-12)13-6-7-15-16(9-13)24(18(25)19(15,2)3)17-5-4-8-22-23-17/h4-11,18,25H,1-3H3/t18-/m1/s1. The Morgan fingerprint density at radius 3 is 2.52 bits per heavy atom. The number of aliphatic hydroxyl groups excluding tert-OH is 1. The van der Waals surface area contributed by atoms with Crippen LogP contribution in [0.5, 0.6) is 0 Å². The first-order valence-electron chi connectivity index (χ1n) is 8.17. The van der Waals surface area contributed by atoms with E-state index in [1.165, 1.54) is 0 Å². The molecule has 6 heteroatoms. The minimum atomic E-state index is -0.719. The summed E-state index contributed by atoms with van der Waals surface area (Å²) in [4.78, 5) is 10.4. The van der Waals surface area contributed by atoms with Gasteiger partial charge in [-0.1, -0.05) is 26.0 Å². The van der Waals surface area contributed by atoms with E-state index in [0.29, 0.717) is 5.82 Å². The number of aryl methyl sites for hydroxylation is 1. The Hall–Kier alpha value is -2.86. The molecule has 6 nitrogen and oxygen atoms in total. The lowest BCUT2D eigenvalue weighted by Gasteiger charge is -2.28. The van der Waals surface area contributed by atoms with Crippen LogP contribution in [0.1, 0.15) is 25.2 Å². The molecular weight excluding hydrogens is 314 g/mol. The Kier molecular flexibility index (Phi) is 3.51. The Labute approximate surface area is 146 Å². The van der Waals surface area contributed by atoms with Gasteiger partial charge in [0.2, 0.25) is 0 Å². The van der Waals surface area contributed by atoms with Crippen LogP contribution >= 0.6 is 0 Å². The molecule has 0 fully saturated rings. The van der Waals surface area contributed by atoms with Crippen molar-refractivity contribution in [2.24, 2.45) is 0 Å².